The minimum Gasteiger partial charge on any atom is -0.481 e. The van der Waals surface area contributed by atoms with Crippen molar-refractivity contribution in [1.82, 2.24) is 4.98 Å². The first kappa shape index (κ1) is 11.9. The molecule has 5 heteroatoms. The number of methoxy groups -OCH3 is 1. The van der Waals surface area contributed by atoms with Crippen LogP contribution in [0.3, 0.4) is 0 Å². The molecule has 0 aromatic carbocycles. The number of ether oxygens (including phenoxy) is 1. The number of aliphatic carboxylic acids is 1. The molecule has 0 saturated carbocycles. The molecule has 1 N–H and O–H groups in total. The highest BCUT2D eigenvalue weighted by Crippen LogP contribution is 2.04. The van der Waals surface area contributed by atoms with Crippen molar-refractivity contribution in [2.45, 2.75) is 6.42 Å². The quantitative estimate of drug-likeness (QED) is 0.777. The molecule has 0 atom stereocenters. The van der Waals surface area contributed by atoms with Gasteiger partial charge in [0.25, 0.3) is 0 Å². The number of carboxylic acids is 1. The number of carbonyl (C=O) groups excluding carboxylic acids is 1. The summed E-state index contributed by atoms with van der Waals surface area (Å²) in [4.78, 5) is 25.3. The van der Waals surface area contributed by atoms with Gasteiger partial charge in [0.1, 0.15) is 0 Å². The second-order valence-electron chi connectivity index (χ2n) is 2.96. The first-order valence-electron chi connectivity index (χ1n) is 4.56. The Morgan fingerprint density at radius 3 is 2.75 bits per heavy atom. The van der Waals surface area contributed by atoms with Crippen molar-refractivity contribution in [2.75, 3.05) is 7.11 Å². The van der Waals surface area contributed by atoms with E-state index >= 15 is 0 Å². The van der Waals surface area contributed by atoms with Crippen LogP contribution in [0.1, 0.15) is 22.5 Å². The molecule has 5 nitrogen and oxygen atoms in total. The van der Waals surface area contributed by atoms with E-state index in [1.54, 1.807) is 18.2 Å². The van der Waals surface area contributed by atoms with Gasteiger partial charge in [-0.3, -0.25) is 9.78 Å². The predicted octanol–water partition coefficient (Wildman–Crippen LogP) is 1.36. The van der Waals surface area contributed by atoms with Crippen LogP contribution in [0, 0.1) is 0 Å². The van der Waals surface area contributed by atoms with Gasteiger partial charge in [-0.25, -0.2) is 4.79 Å². The lowest BCUT2D eigenvalue weighted by Gasteiger charge is -1.98. The summed E-state index contributed by atoms with van der Waals surface area (Å²) < 4.78 is 4.51. The minimum absolute atomic E-state index is 0.0551. The molecule has 0 bridgehead atoms. The van der Waals surface area contributed by atoms with Crippen molar-refractivity contribution >= 4 is 18.0 Å². The van der Waals surface area contributed by atoms with Crippen molar-refractivity contribution in [3.05, 3.63) is 35.7 Å². The maximum atomic E-state index is 11.1. The number of pyridine rings is 1. The van der Waals surface area contributed by atoms with E-state index in [1.807, 2.05) is 0 Å². The summed E-state index contributed by atoms with van der Waals surface area (Å²) >= 11 is 0. The number of nitrogens with zero attached hydrogens (tertiary/aromatic N) is 1. The van der Waals surface area contributed by atoms with Gasteiger partial charge in [-0.15, -0.1) is 0 Å². The molecular weight excluding hydrogens is 210 g/mol. The molecular formula is C11H11NO4. The summed E-state index contributed by atoms with van der Waals surface area (Å²) in [5.74, 6) is -1.35. The van der Waals surface area contributed by atoms with E-state index in [4.69, 9.17) is 5.11 Å². The van der Waals surface area contributed by atoms with Gasteiger partial charge in [0, 0.05) is 6.20 Å². The minimum atomic E-state index is -0.901. The molecule has 0 aliphatic rings. The first-order chi connectivity index (χ1) is 7.63. The summed E-state index contributed by atoms with van der Waals surface area (Å²) in [7, 11) is 1.29. The highest BCUT2D eigenvalue weighted by molar-refractivity contribution is 5.89. The van der Waals surface area contributed by atoms with Crippen LogP contribution in [0.5, 0.6) is 0 Å². The van der Waals surface area contributed by atoms with Crippen molar-refractivity contribution in [1.29, 1.82) is 0 Å². The molecule has 1 rings (SSSR count). The zero-order valence-electron chi connectivity index (χ0n) is 8.71. The number of carboxylic acid groups (broad SMARTS) is 1. The van der Waals surface area contributed by atoms with E-state index in [-0.39, 0.29) is 6.42 Å². The normalized spacial score (nSPS) is 10.3. The van der Waals surface area contributed by atoms with E-state index in [0.29, 0.717) is 11.3 Å². The fraction of sp³-hybridized carbons (Fsp3) is 0.182. The first-order valence-corrected chi connectivity index (χ1v) is 4.56. The van der Waals surface area contributed by atoms with Crippen LogP contribution in [0.2, 0.25) is 0 Å². The van der Waals surface area contributed by atoms with E-state index in [2.05, 4.69) is 9.72 Å². The monoisotopic (exact) mass is 221 g/mol. The third kappa shape index (κ3) is 3.53. The molecule has 16 heavy (non-hydrogen) atoms. The number of esters is 1. The summed E-state index contributed by atoms with van der Waals surface area (Å²) in [6, 6.07) is 3.18. The fourth-order valence-electron chi connectivity index (χ4n) is 1.02. The van der Waals surface area contributed by atoms with Crippen LogP contribution in [-0.2, 0) is 9.53 Å². The Labute approximate surface area is 92.4 Å². The summed E-state index contributed by atoms with van der Waals surface area (Å²) in [6.07, 6.45) is 4.39. The van der Waals surface area contributed by atoms with Crippen LogP contribution in [0.4, 0.5) is 0 Å². The molecule has 0 aliphatic heterocycles. The molecule has 0 unspecified atom stereocenters. The van der Waals surface area contributed by atoms with E-state index in [0.717, 1.165) is 0 Å². The average molecular weight is 221 g/mol. The smallest absolute Gasteiger partial charge is 0.339 e. The van der Waals surface area contributed by atoms with Crippen LogP contribution in [-0.4, -0.2) is 29.1 Å². The highest BCUT2D eigenvalue weighted by atomic mass is 16.5. The number of hydrogen-bond donors (Lipinski definition) is 1. The molecule has 0 saturated heterocycles. The number of carbonyl (C=O) groups is 2. The lowest BCUT2D eigenvalue weighted by atomic mass is 10.2. The van der Waals surface area contributed by atoms with Crippen LogP contribution < -0.4 is 0 Å². The van der Waals surface area contributed by atoms with Crippen LogP contribution in [0.25, 0.3) is 6.08 Å². The van der Waals surface area contributed by atoms with Gasteiger partial charge in [0.05, 0.1) is 24.8 Å². The Balaban J connectivity index is 2.68. The van der Waals surface area contributed by atoms with Gasteiger partial charge >= 0.3 is 11.9 Å². The lowest BCUT2D eigenvalue weighted by molar-refractivity contribution is -0.135. The Kier molecular flexibility index (Phi) is 4.20. The Morgan fingerprint density at radius 2 is 2.25 bits per heavy atom. The zero-order chi connectivity index (χ0) is 12.0. The second-order valence-corrected chi connectivity index (χ2v) is 2.96. The van der Waals surface area contributed by atoms with E-state index < -0.39 is 11.9 Å². The van der Waals surface area contributed by atoms with Gasteiger partial charge in [-0.05, 0) is 18.2 Å². The molecule has 0 fully saturated rings. The molecule has 1 aromatic heterocycles. The summed E-state index contributed by atoms with van der Waals surface area (Å²) in [5.41, 5.74) is 0.951. The molecule has 0 radical (unpaired) electrons. The topological polar surface area (TPSA) is 76.5 Å². The summed E-state index contributed by atoms with van der Waals surface area (Å²) in [5, 5.41) is 8.41. The third-order valence-corrected chi connectivity index (χ3v) is 1.79. The maximum absolute atomic E-state index is 11.1. The predicted molar refractivity (Wildman–Crippen MR) is 56.9 cm³/mol. The largest absolute Gasteiger partial charge is 0.481 e. The molecule has 1 aromatic rings. The molecule has 0 amide bonds. The third-order valence-electron chi connectivity index (χ3n) is 1.79. The van der Waals surface area contributed by atoms with Crippen molar-refractivity contribution in [3.8, 4) is 0 Å². The standard InChI is InChI=1S/C11H11NO4/c1-16-11(15)8-5-6-9(12-7-8)3-2-4-10(13)14/h2-3,5-7H,4H2,1H3,(H,13,14). The highest BCUT2D eigenvalue weighted by Gasteiger charge is 2.03. The number of rotatable bonds is 4. The molecule has 1 heterocycles. The molecule has 0 aliphatic carbocycles. The Morgan fingerprint density at radius 1 is 1.50 bits per heavy atom. The van der Waals surface area contributed by atoms with E-state index in [9.17, 15) is 9.59 Å². The second kappa shape index (κ2) is 5.65. The number of aromatic nitrogens is 1. The maximum Gasteiger partial charge on any atom is 0.339 e. The van der Waals surface area contributed by atoms with Crippen molar-refractivity contribution in [3.63, 3.8) is 0 Å². The SMILES string of the molecule is COC(=O)c1ccc(C=CCC(=O)O)nc1. The van der Waals surface area contributed by atoms with Gasteiger partial charge in [0.15, 0.2) is 0 Å². The average Bonchev–Trinajstić information content (AvgIpc) is 2.28. The number of hydrogen-bond acceptors (Lipinski definition) is 4. The molecule has 0 spiro atoms. The van der Waals surface area contributed by atoms with Crippen LogP contribution in [0.15, 0.2) is 24.4 Å². The van der Waals surface area contributed by atoms with Gasteiger partial charge in [-0.2, -0.15) is 0 Å². The van der Waals surface area contributed by atoms with E-state index in [1.165, 1.54) is 19.4 Å². The van der Waals surface area contributed by atoms with Crippen molar-refractivity contribution < 1.29 is 19.4 Å². The van der Waals surface area contributed by atoms with Gasteiger partial charge in [-0.1, -0.05) is 6.08 Å². The summed E-state index contributed by atoms with van der Waals surface area (Å²) in [6.45, 7) is 0. The lowest BCUT2D eigenvalue weighted by Crippen LogP contribution is -2.01. The fourth-order valence-corrected chi connectivity index (χ4v) is 1.02. The Hall–Kier alpha value is -2.17. The molecule has 84 valence electrons. The Bertz CT molecular complexity index is 408. The van der Waals surface area contributed by atoms with Gasteiger partial charge < -0.3 is 9.84 Å². The van der Waals surface area contributed by atoms with Crippen molar-refractivity contribution in [2.24, 2.45) is 0 Å². The van der Waals surface area contributed by atoms with Gasteiger partial charge in [0.2, 0.25) is 0 Å². The zero-order valence-corrected chi connectivity index (χ0v) is 8.71. The van der Waals surface area contributed by atoms with Crippen LogP contribution >= 0.6 is 0 Å².